The number of carbonyl (C=O) groups is 2. The average molecular weight is 487 g/mol. The predicted molar refractivity (Wildman–Crippen MR) is 139 cm³/mol. The van der Waals surface area contributed by atoms with Crippen LogP contribution in [0.2, 0.25) is 0 Å². The Kier molecular flexibility index (Phi) is 6.46. The first-order valence-electron chi connectivity index (χ1n) is 11.4. The number of likely N-dealkylation sites (N-methyl/N-ethyl adjacent to an activating group) is 1. The van der Waals surface area contributed by atoms with Crippen LogP contribution in [-0.4, -0.2) is 62.0 Å². The summed E-state index contributed by atoms with van der Waals surface area (Å²) in [5.74, 6) is 1.52. The third-order valence-corrected chi connectivity index (χ3v) is 7.35. The van der Waals surface area contributed by atoms with E-state index in [2.05, 4.69) is 9.88 Å². The minimum Gasteiger partial charge on any atom is -0.496 e. The van der Waals surface area contributed by atoms with Gasteiger partial charge in [-0.25, -0.2) is 4.98 Å². The number of benzene rings is 2. The Morgan fingerprint density at radius 3 is 2.54 bits per heavy atom. The molecule has 0 spiro atoms. The van der Waals surface area contributed by atoms with Gasteiger partial charge >= 0.3 is 0 Å². The number of hydrogen-bond acceptors (Lipinski definition) is 6. The van der Waals surface area contributed by atoms with Crippen molar-refractivity contribution < 1.29 is 14.3 Å². The molecule has 0 unspecified atom stereocenters. The summed E-state index contributed by atoms with van der Waals surface area (Å²) < 4.78 is 5.42. The number of ether oxygens (including phenoxy) is 1. The zero-order valence-corrected chi connectivity index (χ0v) is 20.5. The Hall–Kier alpha value is -3.78. The summed E-state index contributed by atoms with van der Waals surface area (Å²) in [6.07, 6.45) is 3.64. The van der Waals surface area contributed by atoms with Crippen molar-refractivity contribution in [1.29, 1.82) is 0 Å². The molecule has 0 atom stereocenters. The number of carbonyl (C=O) groups excluding carboxylic acids is 2. The summed E-state index contributed by atoms with van der Waals surface area (Å²) in [6, 6.07) is 19.1. The van der Waals surface area contributed by atoms with Crippen molar-refractivity contribution in [1.82, 2.24) is 9.88 Å². The minimum absolute atomic E-state index is 0.0188. The number of piperazine rings is 1. The second-order valence-electron chi connectivity index (χ2n) is 8.37. The standard InChI is InChI=1S/C27H26N4O3S/c1-29-21-17-20(26(32)31-15-13-30(14-16-31)25-9-5-6-12-28-25)10-11-23(21)35-24(27(29)33)18-19-7-3-4-8-22(19)34-2/h3-12,17-18H,13-16H2,1-2H3/b24-18-. The highest BCUT2D eigenvalue weighted by Crippen LogP contribution is 2.42. The van der Waals surface area contributed by atoms with Crippen molar-refractivity contribution in [2.24, 2.45) is 0 Å². The Balaban J connectivity index is 1.33. The van der Waals surface area contributed by atoms with Crippen molar-refractivity contribution in [3.63, 3.8) is 0 Å². The molecule has 1 aromatic heterocycles. The normalized spacial score (nSPS) is 16.9. The molecule has 0 bridgehead atoms. The van der Waals surface area contributed by atoms with Gasteiger partial charge in [0.15, 0.2) is 0 Å². The molecule has 3 aromatic rings. The van der Waals surface area contributed by atoms with E-state index in [0.29, 0.717) is 29.3 Å². The first-order valence-corrected chi connectivity index (χ1v) is 12.3. The molecule has 5 rings (SSSR count). The molecule has 7 nitrogen and oxygen atoms in total. The number of hydrogen-bond donors (Lipinski definition) is 0. The second-order valence-corrected chi connectivity index (χ2v) is 9.45. The van der Waals surface area contributed by atoms with Crippen LogP contribution in [-0.2, 0) is 4.79 Å². The molecule has 2 aliphatic rings. The van der Waals surface area contributed by atoms with Gasteiger partial charge in [0, 0.05) is 55.4 Å². The summed E-state index contributed by atoms with van der Waals surface area (Å²) in [5, 5.41) is 0. The van der Waals surface area contributed by atoms with Gasteiger partial charge in [0.1, 0.15) is 11.6 Å². The van der Waals surface area contributed by atoms with Gasteiger partial charge in [0.2, 0.25) is 0 Å². The van der Waals surface area contributed by atoms with Gasteiger partial charge in [-0.3, -0.25) is 9.59 Å². The number of rotatable bonds is 4. The number of anilines is 2. The number of thioether (sulfide) groups is 1. The van der Waals surface area contributed by atoms with Crippen LogP contribution in [0.1, 0.15) is 15.9 Å². The number of methoxy groups -OCH3 is 1. The predicted octanol–water partition coefficient (Wildman–Crippen LogP) is 4.16. The van der Waals surface area contributed by atoms with Crippen molar-refractivity contribution in [2.75, 3.05) is 50.1 Å². The highest BCUT2D eigenvalue weighted by molar-refractivity contribution is 8.04. The van der Waals surface area contributed by atoms with E-state index in [0.717, 1.165) is 35.1 Å². The Morgan fingerprint density at radius 2 is 1.80 bits per heavy atom. The van der Waals surface area contributed by atoms with Crippen LogP contribution in [0.25, 0.3) is 6.08 Å². The summed E-state index contributed by atoms with van der Waals surface area (Å²) in [6.45, 7) is 2.72. The molecule has 0 N–H and O–H groups in total. The number of nitrogens with zero attached hydrogens (tertiary/aromatic N) is 4. The van der Waals surface area contributed by atoms with E-state index in [4.69, 9.17) is 4.74 Å². The fourth-order valence-electron chi connectivity index (χ4n) is 4.32. The molecule has 1 fully saturated rings. The first kappa shape index (κ1) is 23.0. The highest BCUT2D eigenvalue weighted by atomic mass is 32.2. The zero-order valence-electron chi connectivity index (χ0n) is 19.7. The summed E-state index contributed by atoms with van der Waals surface area (Å²) in [4.78, 5) is 38.0. The molecule has 2 aromatic carbocycles. The van der Waals surface area contributed by atoms with Gasteiger partial charge in [-0.2, -0.15) is 0 Å². The lowest BCUT2D eigenvalue weighted by Gasteiger charge is -2.35. The SMILES string of the molecule is COc1ccccc1/C=C1\Sc2ccc(C(=O)N3CCN(c4ccccn4)CC3)cc2N(C)C1=O. The molecular weight excluding hydrogens is 460 g/mol. The molecule has 1 saturated heterocycles. The van der Waals surface area contributed by atoms with E-state index in [-0.39, 0.29) is 11.8 Å². The molecule has 0 saturated carbocycles. The average Bonchev–Trinajstić information content (AvgIpc) is 2.92. The lowest BCUT2D eigenvalue weighted by molar-refractivity contribution is -0.114. The number of para-hydroxylation sites is 1. The Labute approximate surface area is 209 Å². The van der Waals surface area contributed by atoms with Gasteiger partial charge < -0.3 is 19.4 Å². The van der Waals surface area contributed by atoms with Crippen LogP contribution >= 0.6 is 11.8 Å². The molecular formula is C27H26N4O3S. The molecule has 2 aliphatic heterocycles. The monoisotopic (exact) mass is 486 g/mol. The zero-order chi connectivity index (χ0) is 24.4. The highest BCUT2D eigenvalue weighted by Gasteiger charge is 2.29. The minimum atomic E-state index is -0.109. The van der Waals surface area contributed by atoms with Crippen molar-refractivity contribution in [2.45, 2.75) is 4.90 Å². The van der Waals surface area contributed by atoms with Gasteiger partial charge in [0.25, 0.3) is 11.8 Å². The van der Waals surface area contributed by atoms with Gasteiger partial charge in [-0.15, -0.1) is 0 Å². The fourth-order valence-corrected chi connectivity index (χ4v) is 5.40. The molecule has 8 heteroatoms. The Morgan fingerprint density at radius 1 is 1.03 bits per heavy atom. The van der Waals surface area contributed by atoms with Gasteiger partial charge in [-0.05, 0) is 42.5 Å². The number of fused-ring (bicyclic) bond motifs is 1. The number of aromatic nitrogens is 1. The fraction of sp³-hybridized carbons (Fsp3) is 0.222. The molecule has 2 amide bonds. The summed E-state index contributed by atoms with van der Waals surface area (Å²) >= 11 is 1.41. The van der Waals surface area contributed by atoms with E-state index in [1.54, 1.807) is 25.3 Å². The smallest absolute Gasteiger partial charge is 0.264 e. The van der Waals surface area contributed by atoms with E-state index < -0.39 is 0 Å². The van der Waals surface area contributed by atoms with Crippen molar-refractivity contribution in [3.8, 4) is 5.75 Å². The van der Waals surface area contributed by atoms with Crippen LogP contribution in [0.3, 0.4) is 0 Å². The molecule has 178 valence electrons. The Bertz CT molecular complexity index is 1290. The number of pyridine rings is 1. The molecule has 0 radical (unpaired) electrons. The molecule has 0 aliphatic carbocycles. The van der Waals surface area contributed by atoms with Crippen LogP contribution < -0.4 is 14.5 Å². The van der Waals surface area contributed by atoms with E-state index in [1.807, 2.05) is 71.6 Å². The van der Waals surface area contributed by atoms with E-state index in [9.17, 15) is 9.59 Å². The maximum atomic E-state index is 13.2. The summed E-state index contributed by atoms with van der Waals surface area (Å²) in [7, 11) is 3.36. The van der Waals surface area contributed by atoms with Crippen molar-refractivity contribution >= 4 is 41.2 Å². The summed E-state index contributed by atoms with van der Waals surface area (Å²) in [5.41, 5.74) is 2.18. The second kappa shape index (κ2) is 9.84. The van der Waals surface area contributed by atoms with E-state index >= 15 is 0 Å². The van der Waals surface area contributed by atoms with Gasteiger partial charge in [0.05, 0.1) is 17.7 Å². The largest absolute Gasteiger partial charge is 0.496 e. The lowest BCUT2D eigenvalue weighted by atomic mass is 10.1. The van der Waals surface area contributed by atoms with Gasteiger partial charge in [-0.1, -0.05) is 36.0 Å². The first-order chi connectivity index (χ1) is 17.0. The third-order valence-electron chi connectivity index (χ3n) is 6.27. The van der Waals surface area contributed by atoms with Crippen molar-refractivity contribution in [3.05, 3.63) is 82.9 Å². The van der Waals surface area contributed by atoms with Crippen LogP contribution in [0.4, 0.5) is 11.5 Å². The van der Waals surface area contributed by atoms with E-state index in [1.165, 1.54) is 11.8 Å². The topological polar surface area (TPSA) is 66.0 Å². The maximum absolute atomic E-state index is 13.2. The third kappa shape index (κ3) is 4.61. The molecule has 35 heavy (non-hydrogen) atoms. The lowest BCUT2D eigenvalue weighted by Crippen LogP contribution is -2.49. The van der Waals surface area contributed by atoms with Crippen LogP contribution in [0, 0.1) is 0 Å². The van der Waals surface area contributed by atoms with Crippen LogP contribution in [0.15, 0.2) is 76.7 Å². The quantitative estimate of drug-likeness (QED) is 0.516. The van der Waals surface area contributed by atoms with Crippen LogP contribution in [0.5, 0.6) is 5.75 Å². The maximum Gasteiger partial charge on any atom is 0.264 e. The number of amides is 2. The molecule has 3 heterocycles.